The Morgan fingerprint density at radius 1 is 1.47 bits per heavy atom. The molecule has 1 aliphatic rings. The summed E-state index contributed by atoms with van der Waals surface area (Å²) in [6.45, 7) is 3.05. The molecule has 2 rings (SSSR count). The Labute approximate surface area is 114 Å². The second-order valence-corrected chi connectivity index (χ2v) is 5.34. The third-order valence-corrected chi connectivity index (χ3v) is 4.21. The van der Waals surface area contributed by atoms with Crippen LogP contribution in [0.15, 0.2) is 18.3 Å². The van der Waals surface area contributed by atoms with Gasteiger partial charge in [0.25, 0.3) is 0 Å². The molecule has 0 atom stereocenters. The Morgan fingerprint density at radius 3 is 2.84 bits per heavy atom. The molecule has 0 unspecified atom stereocenters. The Bertz CT molecular complexity index is 439. The number of nitrogens with two attached hydrogens (primary N) is 1. The molecule has 1 heterocycles. The summed E-state index contributed by atoms with van der Waals surface area (Å²) >= 11 is 0. The highest BCUT2D eigenvalue weighted by atomic mass is 16.2. The summed E-state index contributed by atoms with van der Waals surface area (Å²) in [6.07, 6.45) is 6.75. The van der Waals surface area contributed by atoms with Gasteiger partial charge in [0.05, 0.1) is 17.7 Å². The van der Waals surface area contributed by atoms with Gasteiger partial charge in [-0.2, -0.15) is 0 Å². The molecule has 4 heteroatoms. The number of carbonyl (C=O) groups excluding carboxylic acids is 1. The van der Waals surface area contributed by atoms with E-state index in [1.165, 1.54) is 5.56 Å². The van der Waals surface area contributed by atoms with Crippen LogP contribution in [-0.4, -0.2) is 17.4 Å². The van der Waals surface area contributed by atoms with Crippen LogP contribution in [-0.2, 0) is 17.8 Å². The van der Waals surface area contributed by atoms with E-state index in [0.717, 1.165) is 37.8 Å². The highest BCUT2D eigenvalue weighted by Crippen LogP contribution is 2.37. The van der Waals surface area contributed by atoms with Crippen molar-refractivity contribution in [2.45, 2.75) is 45.6 Å². The van der Waals surface area contributed by atoms with E-state index >= 15 is 0 Å². The molecular weight excluding hydrogens is 238 g/mol. The van der Waals surface area contributed by atoms with Gasteiger partial charge in [-0.25, -0.2) is 0 Å². The zero-order valence-corrected chi connectivity index (χ0v) is 11.6. The molecule has 104 valence electrons. The number of aromatic nitrogens is 1. The van der Waals surface area contributed by atoms with Crippen molar-refractivity contribution in [2.24, 2.45) is 11.1 Å². The van der Waals surface area contributed by atoms with Gasteiger partial charge in [0.15, 0.2) is 0 Å². The molecule has 1 saturated carbocycles. The van der Waals surface area contributed by atoms with Crippen LogP contribution >= 0.6 is 0 Å². The van der Waals surface area contributed by atoms with E-state index in [-0.39, 0.29) is 11.3 Å². The monoisotopic (exact) mass is 261 g/mol. The molecule has 1 aliphatic carbocycles. The summed E-state index contributed by atoms with van der Waals surface area (Å²) in [5.41, 5.74) is 7.64. The first kappa shape index (κ1) is 14.0. The third-order valence-electron chi connectivity index (χ3n) is 4.21. The fourth-order valence-electron chi connectivity index (χ4n) is 2.88. The molecule has 0 spiro atoms. The number of carbonyl (C=O) groups is 1. The van der Waals surface area contributed by atoms with E-state index < -0.39 is 0 Å². The first-order valence-electron chi connectivity index (χ1n) is 7.13. The van der Waals surface area contributed by atoms with Crippen LogP contribution in [0.3, 0.4) is 0 Å². The van der Waals surface area contributed by atoms with Gasteiger partial charge in [-0.05, 0) is 30.9 Å². The van der Waals surface area contributed by atoms with Crippen LogP contribution < -0.4 is 11.1 Å². The van der Waals surface area contributed by atoms with Gasteiger partial charge < -0.3 is 11.1 Å². The predicted octanol–water partition coefficient (Wildman–Crippen LogP) is 1.78. The molecular formula is C15H23N3O. The van der Waals surface area contributed by atoms with Crippen LogP contribution in [0.25, 0.3) is 0 Å². The summed E-state index contributed by atoms with van der Waals surface area (Å²) in [6, 6.07) is 3.99. The average Bonchev–Trinajstić information content (AvgIpc) is 2.95. The number of nitrogens with zero attached hydrogens (tertiary/aromatic N) is 1. The minimum absolute atomic E-state index is 0.0974. The summed E-state index contributed by atoms with van der Waals surface area (Å²) in [7, 11) is 0. The minimum Gasteiger partial charge on any atom is -0.350 e. The summed E-state index contributed by atoms with van der Waals surface area (Å²) in [5.74, 6) is 0.0974. The van der Waals surface area contributed by atoms with E-state index in [1.807, 2.05) is 6.07 Å². The van der Waals surface area contributed by atoms with Crippen molar-refractivity contribution < 1.29 is 4.79 Å². The van der Waals surface area contributed by atoms with Crippen molar-refractivity contribution in [3.05, 3.63) is 29.6 Å². The Kier molecular flexibility index (Phi) is 4.53. The van der Waals surface area contributed by atoms with Crippen molar-refractivity contribution in [3.8, 4) is 0 Å². The maximum absolute atomic E-state index is 12.4. The zero-order valence-electron chi connectivity index (χ0n) is 11.6. The Balaban J connectivity index is 2.00. The number of hydrogen-bond acceptors (Lipinski definition) is 3. The van der Waals surface area contributed by atoms with E-state index in [0.29, 0.717) is 13.1 Å². The molecule has 1 fully saturated rings. The molecule has 0 bridgehead atoms. The SMILES string of the molecule is CCc1cccnc1CNC(=O)C1(CN)CCCC1. The topological polar surface area (TPSA) is 68.0 Å². The van der Waals surface area contributed by atoms with Crippen molar-refractivity contribution in [1.82, 2.24) is 10.3 Å². The van der Waals surface area contributed by atoms with Gasteiger partial charge in [0.1, 0.15) is 0 Å². The third kappa shape index (κ3) is 2.95. The standard InChI is InChI=1S/C15H23N3O/c1-2-12-6-5-9-17-13(12)10-18-14(19)15(11-16)7-3-4-8-15/h5-6,9H,2-4,7-8,10-11,16H2,1H3,(H,18,19). The van der Waals surface area contributed by atoms with Crippen molar-refractivity contribution in [1.29, 1.82) is 0 Å². The van der Waals surface area contributed by atoms with E-state index in [1.54, 1.807) is 6.20 Å². The van der Waals surface area contributed by atoms with E-state index in [2.05, 4.69) is 23.3 Å². The summed E-state index contributed by atoms with van der Waals surface area (Å²) in [5, 5.41) is 3.03. The fourth-order valence-corrected chi connectivity index (χ4v) is 2.88. The van der Waals surface area contributed by atoms with Crippen LogP contribution in [0.1, 0.15) is 43.9 Å². The number of pyridine rings is 1. The lowest BCUT2D eigenvalue weighted by atomic mass is 9.85. The lowest BCUT2D eigenvalue weighted by Crippen LogP contribution is -2.44. The summed E-state index contributed by atoms with van der Waals surface area (Å²) in [4.78, 5) is 16.7. The van der Waals surface area contributed by atoms with Crippen LogP contribution in [0.5, 0.6) is 0 Å². The molecule has 3 N–H and O–H groups in total. The molecule has 1 amide bonds. The first-order valence-corrected chi connectivity index (χ1v) is 7.13. The van der Waals surface area contributed by atoms with Gasteiger partial charge in [-0.3, -0.25) is 9.78 Å². The van der Waals surface area contributed by atoms with E-state index in [4.69, 9.17) is 5.73 Å². The molecule has 0 aromatic carbocycles. The Morgan fingerprint density at radius 2 is 2.21 bits per heavy atom. The van der Waals surface area contributed by atoms with Gasteiger partial charge in [-0.1, -0.05) is 25.8 Å². The fraction of sp³-hybridized carbons (Fsp3) is 0.600. The average molecular weight is 261 g/mol. The van der Waals surface area contributed by atoms with E-state index in [9.17, 15) is 4.79 Å². The molecule has 19 heavy (non-hydrogen) atoms. The minimum atomic E-state index is -0.332. The van der Waals surface area contributed by atoms with Crippen molar-refractivity contribution in [3.63, 3.8) is 0 Å². The Hall–Kier alpha value is -1.42. The van der Waals surface area contributed by atoms with Crippen molar-refractivity contribution in [2.75, 3.05) is 6.54 Å². The maximum Gasteiger partial charge on any atom is 0.227 e. The van der Waals surface area contributed by atoms with Crippen molar-refractivity contribution >= 4 is 5.91 Å². The number of hydrogen-bond donors (Lipinski definition) is 2. The summed E-state index contributed by atoms with van der Waals surface area (Å²) < 4.78 is 0. The van der Waals surface area contributed by atoms with Crippen LogP contribution in [0.4, 0.5) is 0 Å². The predicted molar refractivity (Wildman–Crippen MR) is 75.4 cm³/mol. The molecule has 1 aromatic heterocycles. The second-order valence-electron chi connectivity index (χ2n) is 5.34. The molecule has 1 aromatic rings. The maximum atomic E-state index is 12.4. The lowest BCUT2D eigenvalue weighted by molar-refractivity contribution is -0.130. The molecule has 4 nitrogen and oxygen atoms in total. The number of rotatable bonds is 5. The number of amides is 1. The van der Waals surface area contributed by atoms with Gasteiger partial charge in [-0.15, -0.1) is 0 Å². The second kappa shape index (κ2) is 6.15. The highest BCUT2D eigenvalue weighted by Gasteiger charge is 2.39. The van der Waals surface area contributed by atoms with Gasteiger partial charge >= 0.3 is 0 Å². The zero-order chi connectivity index (χ0) is 13.7. The van der Waals surface area contributed by atoms with Gasteiger partial charge in [0, 0.05) is 12.7 Å². The smallest absolute Gasteiger partial charge is 0.227 e. The lowest BCUT2D eigenvalue weighted by Gasteiger charge is -2.25. The number of nitrogens with one attached hydrogen (secondary N) is 1. The first-order chi connectivity index (χ1) is 9.22. The molecule has 0 radical (unpaired) electrons. The molecule has 0 saturated heterocycles. The quantitative estimate of drug-likeness (QED) is 0.849. The van der Waals surface area contributed by atoms with Gasteiger partial charge in [0.2, 0.25) is 5.91 Å². The molecule has 0 aliphatic heterocycles. The largest absolute Gasteiger partial charge is 0.350 e. The van der Waals surface area contributed by atoms with Crippen LogP contribution in [0.2, 0.25) is 0 Å². The number of aryl methyl sites for hydroxylation is 1. The highest BCUT2D eigenvalue weighted by molar-refractivity contribution is 5.83. The van der Waals surface area contributed by atoms with Crippen LogP contribution in [0, 0.1) is 5.41 Å². The normalized spacial score (nSPS) is 17.4.